The van der Waals surface area contributed by atoms with Crippen LogP contribution in [0.3, 0.4) is 0 Å². The Balaban J connectivity index is 1.65. The molecule has 0 aliphatic heterocycles. The zero-order valence-corrected chi connectivity index (χ0v) is 14.2. The SMILES string of the molecule is CN(CCOc1cccc(F)c1)CCC(=O)Nc1cccc(Cl)c1. The van der Waals surface area contributed by atoms with Gasteiger partial charge in [0.25, 0.3) is 0 Å². The Morgan fingerprint density at radius 1 is 1.21 bits per heavy atom. The zero-order valence-electron chi connectivity index (χ0n) is 13.5. The van der Waals surface area contributed by atoms with Gasteiger partial charge in [-0.1, -0.05) is 23.7 Å². The molecule has 0 unspecified atom stereocenters. The highest BCUT2D eigenvalue weighted by molar-refractivity contribution is 6.30. The van der Waals surface area contributed by atoms with Crippen LogP contribution in [0.25, 0.3) is 0 Å². The van der Waals surface area contributed by atoms with Crippen LogP contribution in [0.15, 0.2) is 48.5 Å². The summed E-state index contributed by atoms with van der Waals surface area (Å²) in [6.07, 6.45) is 0.364. The molecular formula is C18H20ClFN2O2. The summed E-state index contributed by atoms with van der Waals surface area (Å²) in [5.41, 5.74) is 0.685. The van der Waals surface area contributed by atoms with Crippen LogP contribution in [0.1, 0.15) is 6.42 Å². The lowest BCUT2D eigenvalue weighted by Gasteiger charge is -2.16. The molecule has 0 aromatic heterocycles. The smallest absolute Gasteiger partial charge is 0.225 e. The molecule has 1 N–H and O–H groups in total. The molecule has 2 aromatic rings. The monoisotopic (exact) mass is 350 g/mol. The van der Waals surface area contributed by atoms with Gasteiger partial charge in [0.05, 0.1) is 0 Å². The Labute approximate surface area is 146 Å². The number of carbonyl (C=O) groups is 1. The molecule has 128 valence electrons. The summed E-state index contributed by atoms with van der Waals surface area (Å²) in [7, 11) is 1.90. The molecule has 2 rings (SSSR count). The molecule has 0 heterocycles. The van der Waals surface area contributed by atoms with Gasteiger partial charge in [-0.3, -0.25) is 4.79 Å². The lowest BCUT2D eigenvalue weighted by Crippen LogP contribution is -2.28. The number of likely N-dealkylation sites (N-methyl/N-ethyl adjacent to an activating group) is 1. The maximum atomic E-state index is 13.0. The Hall–Kier alpha value is -2.11. The van der Waals surface area contributed by atoms with E-state index in [1.54, 1.807) is 36.4 Å². The fourth-order valence-electron chi connectivity index (χ4n) is 2.07. The Morgan fingerprint density at radius 3 is 2.75 bits per heavy atom. The van der Waals surface area contributed by atoms with Crippen molar-refractivity contribution in [2.75, 3.05) is 32.1 Å². The lowest BCUT2D eigenvalue weighted by molar-refractivity contribution is -0.116. The summed E-state index contributed by atoms with van der Waals surface area (Å²) in [6, 6.07) is 13.1. The fourth-order valence-corrected chi connectivity index (χ4v) is 2.26. The van der Waals surface area contributed by atoms with Crippen molar-refractivity contribution in [1.82, 2.24) is 4.90 Å². The molecule has 0 saturated heterocycles. The molecule has 0 aliphatic carbocycles. The first-order valence-electron chi connectivity index (χ1n) is 7.65. The summed E-state index contributed by atoms with van der Waals surface area (Å²) in [5, 5.41) is 3.39. The van der Waals surface area contributed by atoms with Gasteiger partial charge in [0.2, 0.25) is 5.91 Å². The van der Waals surface area contributed by atoms with Gasteiger partial charge >= 0.3 is 0 Å². The number of halogens is 2. The predicted octanol–water partition coefficient (Wildman–Crippen LogP) is 3.82. The van der Waals surface area contributed by atoms with E-state index in [1.807, 2.05) is 11.9 Å². The average molecular weight is 351 g/mol. The second-order valence-electron chi connectivity index (χ2n) is 5.42. The third-order valence-corrected chi connectivity index (χ3v) is 3.60. The highest BCUT2D eigenvalue weighted by atomic mass is 35.5. The molecule has 0 bridgehead atoms. The number of rotatable bonds is 8. The van der Waals surface area contributed by atoms with E-state index in [4.69, 9.17) is 16.3 Å². The summed E-state index contributed by atoms with van der Waals surface area (Å²) >= 11 is 5.88. The van der Waals surface area contributed by atoms with E-state index < -0.39 is 0 Å². The largest absolute Gasteiger partial charge is 0.492 e. The van der Waals surface area contributed by atoms with Gasteiger partial charge in [-0.15, -0.1) is 0 Å². The van der Waals surface area contributed by atoms with E-state index in [0.717, 1.165) is 0 Å². The fraction of sp³-hybridized carbons (Fsp3) is 0.278. The van der Waals surface area contributed by atoms with Crippen molar-refractivity contribution < 1.29 is 13.9 Å². The minimum Gasteiger partial charge on any atom is -0.492 e. The normalized spacial score (nSPS) is 10.7. The zero-order chi connectivity index (χ0) is 17.4. The van der Waals surface area contributed by atoms with E-state index in [1.165, 1.54) is 12.1 Å². The number of ether oxygens (including phenoxy) is 1. The highest BCUT2D eigenvalue weighted by Gasteiger charge is 2.06. The van der Waals surface area contributed by atoms with Gasteiger partial charge in [0.15, 0.2) is 0 Å². The van der Waals surface area contributed by atoms with Crippen LogP contribution in [0.5, 0.6) is 5.75 Å². The molecule has 0 radical (unpaired) electrons. The van der Waals surface area contributed by atoms with Crippen molar-refractivity contribution in [1.29, 1.82) is 0 Å². The molecule has 4 nitrogen and oxygen atoms in total. The second-order valence-corrected chi connectivity index (χ2v) is 5.85. The molecule has 6 heteroatoms. The van der Waals surface area contributed by atoms with Crippen LogP contribution in [-0.4, -0.2) is 37.6 Å². The lowest BCUT2D eigenvalue weighted by atomic mass is 10.3. The van der Waals surface area contributed by atoms with Crippen LogP contribution in [-0.2, 0) is 4.79 Å². The van der Waals surface area contributed by atoms with Crippen molar-refractivity contribution in [2.24, 2.45) is 0 Å². The van der Waals surface area contributed by atoms with Crippen molar-refractivity contribution >= 4 is 23.2 Å². The minimum absolute atomic E-state index is 0.0739. The predicted molar refractivity (Wildman–Crippen MR) is 94.1 cm³/mol. The van der Waals surface area contributed by atoms with Gasteiger partial charge in [-0.05, 0) is 37.4 Å². The van der Waals surface area contributed by atoms with Crippen molar-refractivity contribution in [3.05, 3.63) is 59.4 Å². The number of benzene rings is 2. The number of nitrogens with one attached hydrogen (secondary N) is 1. The van der Waals surface area contributed by atoms with Crippen LogP contribution in [0.2, 0.25) is 5.02 Å². The molecule has 24 heavy (non-hydrogen) atoms. The molecule has 2 aromatic carbocycles. The third kappa shape index (κ3) is 6.56. The van der Waals surface area contributed by atoms with E-state index in [-0.39, 0.29) is 11.7 Å². The maximum absolute atomic E-state index is 13.0. The van der Waals surface area contributed by atoms with E-state index in [0.29, 0.717) is 42.6 Å². The topological polar surface area (TPSA) is 41.6 Å². The van der Waals surface area contributed by atoms with E-state index in [2.05, 4.69) is 5.32 Å². The van der Waals surface area contributed by atoms with Crippen molar-refractivity contribution in [3.63, 3.8) is 0 Å². The average Bonchev–Trinajstić information content (AvgIpc) is 2.53. The highest BCUT2D eigenvalue weighted by Crippen LogP contribution is 2.15. The van der Waals surface area contributed by atoms with Gasteiger partial charge in [-0.2, -0.15) is 0 Å². The van der Waals surface area contributed by atoms with Gasteiger partial charge in [0.1, 0.15) is 18.2 Å². The molecule has 0 aliphatic rings. The number of hydrogen-bond donors (Lipinski definition) is 1. The van der Waals surface area contributed by atoms with Crippen molar-refractivity contribution in [2.45, 2.75) is 6.42 Å². The van der Waals surface area contributed by atoms with Crippen LogP contribution in [0, 0.1) is 5.82 Å². The summed E-state index contributed by atoms with van der Waals surface area (Å²) < 4.78 is 18.5. The Bertz CT molecular complexity index is 682. The number of hydrogen-bond acceptors (Lipinski definition) is 3. The number of nitrogens with zero attached hydrogens (tertiary/aromatic N) is 1. The first-order chi connectivity index (χ1) is 11.5. The molecule has 0 spiro atoms. The molecule has 1 amide bonds. The Morgan fingerprint density at radius 2 is 2.00 bits per heavy atom. The van der Waals surface area contributed by atoms with Gasteiger partial charge in [-0.25, -0.2) is 4.39 Å². The Kier molecular flexibility index (Phi) is 7.03. The molecule has 0 atom stereocenters. The van der Waals surface area contributed by atoms with Crippen LogP contribution < -0.4 is 10.1 Å². The molecular weight excluding hydrogens is 331 g/mol. The standard InChI is InChI=1S/C18H20ClFN2O2/c1-22(10-11-24-17-7-3-5-15(20)13-17)9-8-18(23)21-16-6-2-4-14(19)12-16/h2-7,12-13H,8-11H2,1H3,(H,21,23). The van der Waals surface area contributed by atoms with Gasteiger partial charge in [0, 0.05) is 36.3 Å². The number of carbonyl (C=O) groups excluding carboxylic acids is 1. The molecule has 0 saturated carbocycles. The maximum Gasteiger partial charge on any atom is 0.225 e. The third-order valence-electron chi connectivity index (χ3n) is 3.37. The van der Waals surface area contributed by atoms with E-state index in [9.17, 15) is 9.18 Å². The minimum atomic E-state index is -0.321. The van der Waals surface area contributed by atoms with Crippen molar-refractivity contribution in [3.8, 4) is 5.75 Å². The second kappa shape index (κ2) is 9.25. The van der Waals surface area contributed by atoms with Crippen LogP contribution >= 0.6 is 11.6 Å². The summed E-state index contributed by atoms with van der Waals surface area (Å²) in [4.78, 5) is 13.9. The van der Waals surface area contributed by atoms with Crippen LogP contribution in [0.4, 0.5) is 10.1 Å². The number of anilines is 1. The molecule has 0 fully saturated rings. The van der Waals surface area contributed by atoms with E-state index >= 15 is 0 Å². The first-order valence-corrected chi connectivity index (χ1v) is 8.03. The quantitative estimate of drug-likeness (QED) is 0.787. The first kappa shape index (κ1) is 18.2. The summed E-state index contributed by atoms with van der Waals surface area (Å²) in [6.45, 7) is 1.66. The van der Waals surface area contributed by atoms with Gasteiger partial charge < -0.3 is 15.0 Å². The summed E-state index contributed by atoms with van der Waals surface area (Å²) in [5.74, 6) is 0.107. The number of amides is 1.